The number of aromatic hydroxyl groups is 1. The minimum Gasteiger partial charge on any atom is -0.504 e. The smallest absolute Gasteiger partial charge is 0.273 e. The molecule has 0 radical (unpaired) electrons. The van der Waals surface area contributed by atoms with Crippen LogP contribution in [-0.4, -0.2) is 52.4 Å². The number of carbonyl (C=O) groups excluding carboxylic acids is 2. The van der Waals surface area contributed by atoms with E-state index in [9.17, 15) is 19.1 Å². The van der Waals surface area contributed by atoms with Crippen LogP contribution >= 0.6 is 0 Å². The van der Waals surface area contributed by atoms with Gasteiger partial charge in [-0.25, -0.2) is 9.37 Å². The summed E-state index contributed by atoms with van der Waals surface area (Å²) in [4.78, 5) is 34.3. The van der Waals surface area contributed by atoms with Gasteiger partial charge in [-0.3, -0.25) is 14.6 Å². The Morgan fingerprint density at radius 3 is 2.79 bits per heavy atom. The molecular weight excluding hydrogens is 363 g/mol. The molecule has 7 nitrogen and oxygen atoms in total. The number of nitrogens with zero attached hydrogens (tertiary/aromatic N) is 3. The predicted molar refractivity (Wildman–Crippen MR) is 105 cm³/mol. The lowest BCUT2D eigenvalue weighted by Gasteiger charge is -2.14. The van der Waals surface area contributed by atoms with Crippen molar-refractivity contribution in [3.05, 3.63) is 66.4 Å². The third kappa shape index (κ3) is 4.79. The van der Waals surface area contributed by atoms with E-state index in [1.807, 2.05) is 0 Å². The van der Waals surface area contributed by atoms with Crippen LogP contribution in [0, 0.1) is 0 Å². The van der Waals surface area contributed by atoms with Crippen LogP contribution in [0.5, 0.6) is 5.75 Å². The summed E-state index contributed by atoms with van der Waals surface area (Å²) in [5, 5.41) is 13.3. The molecule has 0 aliphatic heterocycles. The normalized spacial score (nSPS) is 11.6. The first-order valence-corrected chi connectivity index (χ1v) is 8.49. The number of aromatic nitrogens is 2. The van der Waals surface area contributed by atoms with Crippen molar-refractivity contribution in [1.29, 1.82) is 0 Å². The van der Waals surface area contributed by atoms with Crippen LogP contribution < -0.4 is 5.32 Å². The van der Waals surface area contributed by atoms with Gasteiger partial charge >= 0.3 is 0 Å². The van der Waals surface area contributed by atoms with Gasteiger partial charge in [0.2, 0.25) is 0 Å². The first-order valence-electron chi connectivity index (χ1n) is 8.49. The number of rotatable bonds is 7. The van der Waals surface area contributed by atoms with Crippen LogP contribution in [0.3, 0.4) is 0 Å². The second-order valence-electron chi connectivity index (χ2n) is 5.99. The van der Waals surface area contributed by atoms with Crippen LogP contribution in [0.4, 0.5) is 4.39 Å². The van der Waals surface area contributed by atoms with E-state index in [1.165, 1.54) is 29.3 Å². The van der Waals surface area contributed by atoms with Gasteiger partial charge in [0.05, 0.1) is 0 Å². The Morgan fingerprint density at radius 2 is 2.11 bits per heavy atom. The van der Waals surface area contributed by atoms with Crippen LogP contribution in [-0.2, 0) is 0 Å². The molecule has 0 saturated carbocycles. The lowest BCUT2D eigenvalue weighted by atomic mass is 10.1. The van der Waals surface area contributed by atoms with Gasteiger partial charge < -0.3 is 15.3 Å². The molecule has 2 rings (SSSR count). The summed E-state index contributed by atoms with van der Waals surface area (Å²) in [5.74, 6) is -1.93. The van der Waals surface area contributed by atoms with Crippen molar-refractivity contribution in [2.75, 3.05) is 20.6 Å². The average molecular weight is 384 g/mol. The molecule has 146 valence electrons. The topological polar surface area (TPSA) is 95.4 Å². The number of fused-ring (bicyclic) bond motifs is 1. The molecule has 0 atom stereocenters. The zero-order chi connectivity index (χ0) is 20.7. The molecule has 0 aromatic carbocycles. The van der Waals surface area contributed by atoms with Crippen LogP contribution in [0.2, 0.25) is 0 Å². The van der Waals surface area contributed by atoms with E-state index in [-0.39, 0.29) is 23.4 Å². The fourth-order valence-electron chi connectivity index (χ4n) is 2.37. The van der Waals surface area contributed by atoms with E-state index in [2.05, 4.69) is 21.9 Å². The Kier molecular flexibility index (Phi) is 6.97. The van der Waals surface area contributed by atoms with Gasteiger partial charge in [-0.05, 0) is 30.7 Å². The van der Waals surface area contributed by atoms with Gasteiger partial charge in [-0.2, -0.15) is 0 Å². The van der Waals surface area contributed by atoms with Gasteiger partial charge in [0.1, 0.15) is 17.0 Å². The maximum absolute atomic E-state index is 13.2. The summed E-state index contributed by atoms with van der Waals surface area (Å²) in [6.07, 6.45) is 7.16. The van der Waals surface area contributed by atoms with Crippen molar-refractivity contribution in [3.63, 3.8) is 0 Å². The molecule has 0 fully saturated rings. The standard InChI is InChI=1S/C20H21FN4O3/c1-4-8-13(21)9-5-6-11-23-19(27)17-18(26)15-14(10-7-12-22-15)16(24-17)20(28)25(2)3/h4-5,7-10,12,26H,1,6,11H2,2-3H3,(H,23,27)/b9-5-,13-8+. The van der Waals surface area contributed by atoms with Gasteiger partial charge in [-0.15, -0.1) is 0 Å². The Bertz CT molecular complexity index is 967. The summed E-state index contributed by atoms with van der Waals surface area (Å²) in [6, 6.07) is 3.21. The number of hydrogen-bond donors (Lipinski definition) is 2. The van der Waals surface area contributed by atoms with Gasteiger partial charge in [-0.1, -0.05) is 18.7 Å². The third-order valence-electron chi connectivity index (χ3n) is 3.71. The fourth-order valence-corrected chi connectivity index (χ4v) is 2.37. The highest BCUT2D eigenvalue weighted by Crippen LogP contribution is 2.28. The number of nitrogens with one attached hydrogen (secondary N) is 1. The summed E-state index contributed by atoms with van der Waals surface area (Å²) in [7, 11) is 3.12. The van der Waals surface area contributed by atoms with Crippen molar-refractivity contribution >= 4 is 22.7 Å². The quantitative estimate of drug-likeness (QED) is 0.565. The molecular formula is C20H21FN4O3. The second kappa shape index (κ2) is 9.40. The van der Waals surface area contributed by atoms with Crippen LogP contribution in [0.15, 0.2) is 55.0 Å². The number of carbonyl (C=O) groups is 2. The summed E-state index contributed by atoms with van der Waals surface area (Å²) in [5.41, 5.74) is -0.157. The van der Waals surface area contributed by atoms with Crippen molar-refractivity contribution in [3.8, 4) is 5.75 Å². The third-order valence-corrected chi connectivity index (χ3v) is 3.71. The maximum Gasteiger partial charge on any atom is 0.273 e. The van der Waals surface area contributed by atoms with E-state index in [4.69, 9.17) is 0 Å². The minimum absolute atomic E-state index is 0.0209. The Morgan fingerprint density at radius 1 is 1.36 bits per heavy atom. The van der Waals surface area contributed by atoms with Crippen LogP contribution in [0.25, 0.3) is 10.9 Å². The molecule has 2 aromatic heterocycles. The van der Waals surface area contributed by atoms with Crippen LogP contribution in [0.1, 0.15) is 27.4 Å². The molecule has 2 heterocycles. The van der Waals surface area contributed by atoms with E-state index in [1.54, 1.807) is 32.3 Å². The lowest BCUT2D eigenvalue weighted by molar-refractivity contribution is 0.0823. The number of halogens is 1. The number of pyridine rings is 2. The van der Waals surface area contributed by atoms with Gasteiger partial charge in [0, 0.05) is 32.2 Å². The highest BCUT2D eigenvalue weighted by atomic mass is 19.1. The molecule has 0 spiro atoms. The molecule has 0 unspecified atom stereocenters. The summed E-state index contributed by atoms with van der Waals surface area (Å²) >= 11 is 0. The van der Waals surface area contributed by atoms with E-state index in [0.717, 1.165) is 0 Å². The molecule has 2 N–H and O–H groups in total. The highest BCUT2D eigenvalue weighted by molar-refractivity contribution is 6.09. The Labute approximate surface area is 161 Å². The molecule has 0 aliphatic rings. The number of hydrogen-bond acceptors (Lipinski definition) is 5. The van der Waals surface area contributed by atoms with Gasteiger partial charge in [0.25, 0.3) is 11.8 Å². The van der Waals surface area contributed by atoms with E-state index >= 15 is 0 Å². The summed E-state index contributed by atoms with van der Waals surface area (Å²) < 4.78 is 13.2. The Hall–Kier alpha value is -3.55. The molecule has 0 aliphatic carbocycles. The largest absolute Gasteiger partial charge is 0.504 e. The number of allylic oxidation sites excluding steroid dienone is 4. The predicted octanol–water partition coefficient (Wildman–Crippen LogP) is 2.75. The molecule has 28 heavy (non-hydrogen) atoms. The van der Waals surface area contributed by atoms with E-state index < -0.39 is 23.4 Å². The monoisotopic (exact) mass is 384 g/mol. The van der Waals surface area contributed by atoms with Crippen molar-refractivity contribution in [2.24, 2.45) is 0 Å². The highest BCUT2D eigenvalue weighted by Gasteiger charge is 2.23. The first kappa shape index (κ1) is 20.8. The Balaban J connectivity index is 2.25. The second-order valence-corrected chi connectivity index (χ2v) is 5.99. The fraction of sp³-hybridized carbons (Fsp3) is 0.200. The number of amides is 2. The molecule has 2 amide bonds. The SMILES string of the molecule is C=C/C=C(F)\C=C/CCNC(=O)c1nc(C(=O)N(C)C)c2cccnc2c1O. The van der Waals surface area contributed by atoms with Crippen molar-refractivity contribution < 1.29 is 19.1 Å². The van der Waals surface area contributed by atoms with Crippen molar-refractivity contribution in [2.45, 2.75) is 6.42 Å². The van der Waals surface area contributed by atoms with E-state index in [0.29, 0.717) is 11.8 Å². The average Bonchev–Trinajstić information content (AvgIpc) is 2.67. The minimum atomic E-state index is -0.659. The summed E-state index contributed by atoms with van der Waals surface area (Å²) in [6.45, 7) is 3.58. The molecule has 0 bridgehead atoms. The zero-order valence-electron chi connectivity index (χ0n) is 15.6. The zero-order valence-corrected chi connectivity index (χ0v) is 15.6. The van der Waals surface area contributed by atoms with Gasteiger partial charge in [0.15, 0.2) is 11.4 Å². The molecule has 0 saturated heterocycles. The molecule has 8 heteroatoms. The molecule has 2 aromatic rings. The maximum atomic E-state index is 13.2. The first-order chi connectivity index (χ1) is 13.4. The lowest BCUT2D eigenvalue weighted by Crippen LogP contribution is -2.28. The van der Waals surface area contributed by atoms with Crippen molar-refractivity contribution in [1.82, 2.24) is 20.2 Å².